The highest BCUT2D eigenvalue weighted by Crippen LogP contribution is 2.28. The standard InChI is InChI=1S/C12H14BrN3O2S2/c1-12(2,11-15-5-6-19-11)16-20(17,18)10-7-8(13)3-4-9(10)14/h3-7,16H,14H2,1-2H3. The van der Waals surface area contributed by atoms with Crippen molar-refractivity contribution in [1.82, 2.24) is 9.71 Å². The highest BCUT2D eigenvalue weighted by Gasteiger charge is 2.31. The maximum atomic E-state index is 12.5. The smallest absolute Gasteiger partial charge is 0.243 e. The number of nitrogens with two attached hydrogens (primary N) is 1. The van der Waals surface area contributed by atoms with Crippen LogP contribution < -0.4 is 10.5 Å². The molecule has 1 aromatic heterocycles. The van der Waals surface area contributed by atoms with Gasteiger partial charge in [-0.2, -0.15) is 4.72 Å². The number of nitrogen functional groups attached to an aromatic ring is 1. The van der Waals surface area contributed by atoms with Crippen LogP contribution in [0.5, 0.6) is 0 Å². The Balaban J connectivity index is 2.39. The number of aromatic nitrogens is 1. The maximum absolute atomic E-state index is 12.5. The Morgan fingerprint density at radius 2 is 2.10 bits per heavy atom. The fourth-order valence-corrected chi connectivity index (χ4v) is 4.54. The molecule has 0 saturated heterocycles. The van der Waals surface area contributed by atoms with E-state index in [2.05, 4.69) is 25.6 Å². The number of nitrogens with one attached hydrogen (secondary N) is 1. The molecular formula is C12H14BrN3O2S2. The Kier molecular flexibility index (Phi) is 4.19. The van der Waals surface area contributed by atoms with Gasteiger partial charge in [0.1, 0.15) is 9.90 Å². The van der Waals surface area contributed by atoms with Crippen molar-refractivity contribution in [3.8, 4) is 0 Å². The third-order valence-electron chi connectivity index (χ3n) is 2.62. The molecule has 8 heteroatoms. The second-order valence-electron chi connectivity index (χ2n) is 4.75. The van der Waals surface area contributed by atoms with Gasteiger partial charge < -0.3 is 5.73 Å². The van der Waals surface area contributed by atoms with Crippen molar-refractivity contribution in [2.24, 2.45) is 0 Å². The quantitative estimate of drug-likeness (QED) is 0.804. The van der Waals surface area contributed by atoms with E-state index >= 15 is 0 Å². The molecule has 2 rings (SSSR count). The van der Waals surface area contributed by atoms with E-state index in [9.17, 15) is 8.42 Å². The molecule has 0 bridgehead atoms. The number of benzene rings is 1. The van der Waals surface area contributed by atoms with Gasteiger partial charge >= 0.3 is 0 Å². The molecule has 1 aromatic carbocycles. The molecule has 1 heterocycles. The van der Waals surface area contributed by atoms with E-state index in [0.29, 0.717) is 9.48 Å². The molecule has 0 saturated carbocycles. The zero-order valence-corrected chi connectivity index (χ0v) is 14.1. The molecule has 20 heavy (non-hydrogen) atoms. The van der Waals surface area contributed by atoms with Crippen LogP contribution in [0.25, 0.3) is 0 Å². The summed E-state index contributed by atoms with van der Waals surface area (Å²) in [5, 5.41) is 2.49. The van der Waals surface area contributed by atoms with Crippen LogP contribution in [0, 0.1) is 0 Å². The van der Waals surface area contributed by atoms with E-state index in [1.54, 1.807) is 37.6 Å². The van der Waals surface area contributed by atoms with Crippen molar-refractivity contribution in [2.75, 3.05) is 5.73 Å². The number of hydrogen-bond donors (Lipinski definition) is 2. The molecule has 0 atom stereocenters. The zero-order chi connectivity index (χ0) is 15.0. The van der Waals surface area contributed by atoms with Gasteiger partial charge in [-0.15, -0.1) is 11.3 Å². The number of thiazole rings is 1. The van der Waals surface area contributed by atoms with E-state index < -0.39 is 15.6 Å². The van der Waals surface area contributed by atoms with E-state index in [4.69, 9.17) is 5.73 Å². The highest BCUT2D eigenvalue weighted by atomic mass is 79.9. The number of sulfonamides is 1. The van der Waals surface area contributed by atoms with Gasteiger partial charge in [-0.25, -0.2) is 13.4 Å². The topological polar surface area (TPSA) is 85.1 Å². The lowest BCUT2D eigenvalue weighted by atomic mass is 10.1. The number of anilines is 1. The van der Waals surface area contributed by atoms with Crippen LogP contribution in [0.4, 0.5) is 5.69 Å². The number of rotatable bonds is 4. The third kappa shape index (κ3) is 3.20. The monoisotopic (exact) mass is 375 g/mol. The van der Waals surface area contributed by atoms with Crippen LogP contribution >= 0.6 is 27.3 Å². The fourth-order valence-electron chi connectivity index (χ4n) is 1.71. The molecule has 0 unspecified atom stereocenters. The molecule has 0 aliphatic heterocycles. The first kappa shape index (κ1) is 15.4. The maximum Gasteiger partial charge on any atom is 0.243 e. The summed E-state index contributed by atoms with van der Waals surface area (Å²) in [6.07, 6.45) is 1.64. The SMILES string of the molecule is CC(C)(NS(=O)(=O)c1cc(Br)ccc1N)c1nccs1. The van der Waals surface area contributed by atoms with Crippen LogP contribution in [-0.4, -0.2) is 13.4 Å². The largest absolute Gasteiger partial charge is 0.398 e. The van der Waals surface area contributed by atoms with Gasteiger partial charge in [0.15, 0.2) is 0 Å². The summed E-state index contributed by atoms with van der Waals surface area (Å²) >= 11 is 4.64. The molecule has 5 nitrogen and oxygen atoms in total. The first-order chi connectivity index (χ1) is 9.22. The van der Waals surface area contributed by atoms with Gasteiger partial charge in [0.05, 0.1) is 11.2 Å². The predicted octanol–water partition coefficient (Wildman–Crippen LogP) is 2.70. The van der Waals surface area contributed by atoms with Crippen molar-refractivity contribution < 1.29 is 8.42 Å². The Labute approximate surface area is 130 Å². The Hall–Kier alpha value is -0.960. The number of hydrogen-bond acceptors (Lipinski definition) is 5. The molecule has 3 N–H and O–H groups in total. The Bertz CT molecular complexity index is 712. The fraction of sp³-hybridized carbons (Fsp3) is 0.250. The van der Waals surface area contributed by atoms with Crippen molar-refractivity contribution in [1.29, 1.82) is 0 Å². The minimum atomic E-state index is -3.74. The van der Waals surface area contributed by atoms with Gasteiger partial charge in [0.2, 0.25) is 10.0 Å². The molecule has 0 amide bonds. The summed E-state index contributed by atoms with van der Waals surface area (Å²) < 4.78 is 28.3. The van der Waals surface area contributed by atoms with Gasteiger partial charge in [0.25, 0.3) is 0 Å². The van der Waals surface area contributed by atoms with Crippen molar-refractivity contribution in [3.05, 3.63) is 39.3 Å². The average Bonchev–Trinajstić information content (AvgIpc) is 2.85. The van der Waals surface area contributed by atoms with Crippen molar-refractivity contribution >= 4 is 43.0 Å². The average molecular weight is 376 g/mol. The van der Waals surface area contributed by atoms with E-state index in [-0.39, 0.29) is 10.6 Å². The highest BCUT2D eigenvalue weighted by molar-refractivity contribution is 9.10. The lowest BCUT2D eigenvalue weighted by Crippen LogP contribution is -2.41. The van der Waals surface area contributed by atoms with Crippen LogP contribution in [0.3, 0.4) is 0 Å². The summed E-state index contributed by atoms with van der Waals surface area (Å²) in [4.78, 5) is 4.21. The minimum Gasteiger partial charge on any atom is -0.398 e. The molecule has 2 aromatic rings. The Morgan fingerprint density at radius 1 is 1.40 bits per heavy atom. The van der Waals surface area contributed by atoms with Crippen LogP contribution in [0.15, 0.2) is 39.1 Å². The summed E-state index contributed by atoms with van der Waals surface area (Å²) in [5.41, 5.74) is 5.16. The van der Waals surface area contributed by atoms with Gasteiger partial charge in [-0.1, -0.05) is 15.9 Å². The zero-order valence-electron chi connectivity index (χ0n) is 10.9. The van der Waals surface area contributed by atoms with E-state index in [1.165, 1.54) is 17.4 Å². The molecule has 0 aliphatic rings. The normalized spacial score (nSPS) is 12.6. The molecule has 0 spiro atoms. The van der Waals surface area contributed by atoms with Gasteiger partial charge in [-0.3, -0.25) is 0 Å². The first-order valence-electron chi connectivity index (χ1n) is 5.71. The Morgan fingerprint density at radius 3 is 2.70 bits per heavy atom. The van der Waals surface area contributed by atoms with Crippen molar-refractivity contribution in [2.45, 2.75) is 24.3 Å². The van der Waals surface area contributed by atoms with Gasteiger partial charge in [-0.05, 0) is 32.0 Å². The lowest BCUT2D eigenvalue weighted by Gasteiger charge is -2.24. The molecule has 0 radical (unpaired) electrons. The molecule has 0 aliphatic carbocycles. The summed E-state index contributed by atoms with van der Waals surface area (Å²) in [6.45, 7) is 3.52. The number of nitrogens with zero attached hydrogens (tertiary/aromatic N) is 1. The van der Waals surface area contributed by atoms with E-state index in [0.717, 1.165) is 0 Å². The minimum absolute atomic E-state index is 0.0523. The molecule has 0 fully saturated rings. The second kappa shape index (κ2) is 5.44. The van der Waals surface area contributed by atoms with Crippen LogP contribution in [0.1, 0.15) is 18.9 Å². The molecule has 108 valence electrons. The second-order valence-corrected chi connectivity index (χ2v) is 8.21. The first-order valence-corrected chi connectivity index (χ1v) is 8.87. The third-order valence-corrected chi connectivity index (χ3v) is 5.92. The summed E-state index contributed by atoms with van der Waals surface area (Å²) in [7, 11) is -3.74. The summed E-state index contributed by atoms with van der Waals surface area (Å²) in [5.74, 6) is 0. The van der Waals surface area contributed by atoms with E-state index in [1.807, 2.05) is 0 Å². The van der Waals surface area contributed by atoms with Crippen LogP contribution in [0.2, 0.25) is 0 Å². The van der Waals surface area contributed by atoms with Gasteiger partial charge in [0, 0.05) is 16.0 Å². The van der Waals surface area contributed by atoms with Crippen molar-refractivity contribution in [3.63, 3.8) is 0 Å². The van der Waals surface area contributed by atoms with Crippen LogP contribution in [-0.2, 0) is 15.6 Å². The predicted molar refractivity (Wildman–Crippen MR) is 84.0 cm³/mol. The lowest BCUT2D eigenvalue weighted by molar-refractivity contribution is 0.470. The number of halogens is 1. The molecular weight excluding hydrogens is 362 g/mol. The summed E-state index contributed by atoms with van der Waals surface area (Å²) in [6, 6.07) is 4.73.